The third kappa shape index (κ3) is 4.15. The largest absolute Gasteiger partial charge is 0.469 e. The van der Waals surface area contributed by atoms with Gasteiger partial charge in [-0.15, -0.1) is 0 Å². The van der Waals surface area contributed by atoms with Crippen LogP contribution in [-0.2, 0) is 9.53 Å². The number of esters is 1. The van der Waals surface area contributed by atoms with Crippen molar-refractivity contribution in [3.8, 4) is 0 Å². The number of carbonyl (C=O) groups excluding carboxylic acids is 1. The lowest BCUT2D eigenvalue weighted by molar-refractivity contribution is -0.449. The highest BCUT2D eigenvalue weighted by Crippen LogP contribution is 2.64. The van der Waals surface area contributed by atoms with E-state index in [1.165, 1.54) is 0 Å². The average molecular weight is 537 g/mol. The number of carbonyl (C=O) groups is 1. The van der Waals surface area contributed by atoms with E-state index in [1.807, 2.05) is 0 Å². The fourth-order valence-corrected chi connectivity index (χ4v) is 2.11. The molecular formula is C13H9ClF16O2. The highest BCUT2D eigenvalue weighted by atomic mass is 35.5. The van der Waals surface area contributed by atoms with E-state index in [0.29, 0.717) is 7.11 Å². The van der Waals surface area contributed by atoms with Crippen LogP contribution in [-0.4, -0.2) is 59.9 Å². The van der Waals surface area contributed by atoms with E-state index in [0.717, 1.165) is 0 Å². The monoisotopic (exact) mass is 536 g/mol. The molecule has 32 heavy (non-hydrogen) atoms. The molecule has 0 radical (unpaired) electrons. The van der Waals surface area contributed by atoms with Crippen LogP contribution in [0.25, 0.3) is 0 Å². The number of ether oxygens (including phenoxy) is 1. The molecule has 0 aromatic carbocycles. The predicted octanol–water partition coefficient (Wildman–Crippen LogP) is 6.46. The summed E-state index contributed by atoms with van der Waals surface area (Å²) in [6.07, 6.45) is -2.81. The van der Waals surface area contributed by atoms with Crippen LogP contribution in [0.2, 0.25) is 0 Å². The molecule has 0 aliphatic heterocycles. The third-order valence-corrected chi connectivity index (χ3v) is 4.19. The first-order chi connectivity index (χ1) is 13.6. The maximum Gasteiger partial charge on any atom is 0.393 e. The first kappa shape index (κ1) is 30.6. The minimum atomic E-state index is -8.52. The number of rotatable bonds is 10. The van der Waals surface area contributed by atoms with Crippen LogP contribution in [0.1, 0.15) is 13.3 Å². The van der Waals surface area contributed by atoms with Crippen molar-refractivity contribution in [1.29, 1.82) is 0 Å². The lowest BCUT2D eigenvalue weighted by Crippen LogP contribution is -2.74. The second-order valence-corrected chi connectivity index (χ2v) is 6.75. The fourth-order valence-electron chi connectivity index (χ4n) is 1.99. The molecule has 1 atom stereocenters. The molecule has 0 aromatic rings. The Hall–Kier alpha value is -1.36. The number of methoxy groups -OCH3 is 1. The second-order valence-electron chi connectivity index (χ2n) is 6.28. The zero-order chi connectivity index (χ0) is 26.6. The van der Waals surface area contributed by atoms with Gasteiger partial charge in [-0.05, 0) is 11.6 Å². The lowest BCUT2D eigenvalue weighted by atomic mass is 9.87. The Morgan fingerprint density at radius 2 is 0.938 bits per heavy atom. The van der Waals surface area contributed by atoms with Crippen molar-refractivity contribution >= 4 is 17.6 Å². The number of hydrogen-bond donors (Lipinski definition) is 0. The molecule has 0 saturated carbocycles. The van der Waals surface area contributed by atoms with E-state index in [1.54, 1.807) is 0 Å². The highest BCUT2D eigenvalue weighted by Gasteiger charge is 2.94. The van der Waals surface area contributed by atoms with Crippen LogP contribution in [0.3, 0.4) is 0 Å². The van der Waals surface area contributed by atoms with Gasteiger partial charge in [-0.25, -0.2) is 0 Å². The van der Waals surface area contributed by atoms with Gasteiger partial charge in [-0.1, -0.05) is 6.92 Å². The summed E-state index contributed by atoms with van der Waals surface area (Å²) in [6.45, 7) is 0.290. The van der Waals surface area contributed by atoms with Crippen LogP contribution in [0.15, 0.2) is 0 Å². The molecule has 19 heteroatoms. The van der Waals surface area contributed by atoms with Crippen LogP contribution < -0.4 is 0 Å². The summed E-state index contributed by atoms with van der Waals surface area (Å²) < 4.78 is 216. The van der Waals surface area contributed by atoms with Gasteiger partial charge >= 0.3 is 52.8 Å². The molecule has 0 spiro atoms. The summed E-state index contributed by atoms with van der Waals surface area (Å²) in [5, 5.41) is -6.83. The van der Waals surface area contributed by atoms with E-state index in [2.05, 4.69) is 16.3 Å². The van der Waals surface area contributed by atoms with Gasteiger partial charge in [0.25, 0.3) is 0 Å². The summed E-state index contributed by atoms with van der Waals surface area (Å²) in [7, 11) is 0.466. The summed E-state index contributed by atoms with van der Waals surface area (Å²) in [5.41, 5.74) is 0. The molecule has 0 saturated heterocycles. The SMILES string of the molecule is COC(=O)C(C)CC(F)(F)C(F)(F)C(F)(F)C(F)(F)C(F)(F)C(F)(F)C(F)(F)C(F)(F)Cl. The van der Waals surface area contributed by atoms with Gasteiger partial charge in [0.05, 0.1) is 13.0 Å². The van der Waals surface area contributed by atoms with Crippen molar-refractivity contribution < 1.29 is 79.8 Å². The fraction of sp³-hybridized carbons (Fsp3) is 0.923. The Morgan fingerprint density at radius 3 is 1.22 bits per heavy atom. The quantitative estimate of drug-likeness (QED) is 0.182. The first-order valence-corrected chi connectivity index (χ1v) is 7.78. The molecule has 0 aromatic heterocycles. The summed E-state index contributed by atoms with van der Waals surface area (Å²) in [6, 6.07) is 0. The Morgan fingerprint density at radius 1 is 0.656 bits per heavy atom. The van der Waals surface area contributed by atoms with Crippen LogP contribution in [0.5, 0.6) is 0 Å². The van der Waals surface area contributed by atoms with Gasteiger partial charge in [0, 0.05) is 6.42 Å². The Labute approximate surface area is 171 Å². The molecule has 0 heterocycles. The van der Waals surface area contributed by atoms with Gasteiger partial charge < -0.3 is 4.74 Å². The van der Waals surface area contributed by atoms with E-state index in [9.17, 15) is 75.0 Å². The van der Waals surface area contributed by atoms with E-state index in [4.69, 9.17) is 0 Å². The van der Waals surface area contributed by atoms with Crippen molar-refractivity contribution in [2.24, 2.45) is 5.92 Å². The van der Waals surface area contributed by atoms with Gasteiger partial charge in [-0.3, -0.25) is 4.79 Å². The molecule has 0 aliphatic carbocycles. The summed E-state index contributed by atoms with van der Waals surface area (Å²) >= 11 is 3.40. The highest BCUT2D eigenvalue weighted by molar-refractivity contribution is 6.22. The lowest BCUT2D eigenvalue weighted by Gasteiger charge is -2.43. The molecule has 1 unspecified atom stereocenters. The average Bonchev–Trinajstić information content (AvgIpc) is 2.58. The standard InChI is InChI=1S/C13H9ClF16O2/c1-4(5(31)32-2)3-6(15,16)7(17,18)8(19,20)9(21,22)10(23,24)11(25,26)12(27,28)13(14,29)30/h4H,3H2,1-2H3. The molecule has 0 aliphatic rings. The van der Waals surface area contributed by atoms with Crippen LogP contribution in [0.4, 0.5) is 70.2 Å². The molecule has 0 amide bonds. The zero-order valence-corrected chi connectivity index (χ0v) is 15.8. The number of halogens is 17. The number of alkyl halides is 17. The maximum absolute atomic E-state index is 13.6. The van der Waals surface area contributed by atoms with Crippen molar-refractivity contribution in [3.05, 3.63) is 0 Å². The van der Waals surface area contributed by atoms with Crippen LogP contribution in [0, 0.1) is 5.92 Å². The third-order valence-electron chi connectivity index (χ3n) is 3.95. The van der Waals surface area contributed by atoms with Gasteiger partial charge in [0.2, 0.25) is 0 Å². The van der Waals surface area contributed by atoms with Crippen LogP contribution >= 0.6 is 11.6 Å². The first-order valence-electron chi connectivity index (χ1n) is 7.41. The van der Waals surface area contributed by atoms with Gasteiger partial charge in [-0.2, -0.15) is 70.2 Å². The Balaban J connectivity index is 6.62. The van der Waals surface area contributed by atoms with Gasteiger partial charge in [0.1, 0.15) is 0 Å². The van der Waals surface area contributed by atoms with Crippen molar-refractivity contribution in [2.75, 3.05) is 7.11 Å². The van der Waals surface area contributed by atoms with E-state index >= 15 is 0 Å². The van der Waals surface area contributed by atoms with Gasteiger partial charge in [0.15, 0.2) is 0 Å². The predicted molar refractivity (Wildman–Crippen MR) is 71.2 cm³/mol. The molecule has 0 rings (SSSR count). The Bertz CT molecular complexity index is 699. The smallest absolute Gasteiger partial charge is 0.393 e. The molecule has 0 bridgehead atoms. The molecule has 0 N–H and O–H groups in total. The minimum Gasteiger partial charge on any atom is -0.469 e. The zero-order valence-electron chi connectivity index (χ0n) is 15.0. The molecule has 192 valence electrons. The van der Waals surface area contributed by atoms with E-state index < -0.39 is 65.1 Å². The minimum absolute atomic E-state index is 0.290. The summed E-state index contributed by atoms with van der Waals surface area (Å²) in [4.78, 5) is 10.9. The van der Waals surface area contributed by atoms with E-state index in [-0.39, 0.29) is 6.92 Å². The number of hydrogen-bond acceptors (Lipinski definition) is 2. The van der Waals surface area contributed by atoms with Crippen molar-refractivity contribution in [3.63, 3.8) is 0 Å². The topological polar surface area (TPSA) is 26.3 Å². The summed E-state index contributed by atoms with van der Waals surface area (Å²) in [5.74, 6) is -60.0. The Kier molecular flexibility index (Phi) is 7.80. The van der Waals surface area contributed by atoms with Crippen molar-refractivity contribution in [1.82, 2.24) is 0 Å². The van der Waals surface area contributed by atoms with Crippen molar-refractivity contribution in [2.45, 2.75) is 60.2 Å². The second kappa shape index (κ2) is 8.14. The normalized spacial score (nSPS) is 16.7. The molecule has 0 fully saturated rings. The molecule has 2 nitrogen and oxygen atoms in total. The molecular weight excluding hydrogens is 528 g/mol. The maximum atomic E-state index is 13.6.